The predicted octanol–water partition coefficient (Wildman–Crippen LogP) is 13.9. The van der Waals surface area contributed by atoms with Crippen LogP contribution in [0.3, 0.4) is 0 Å². The smallest absolute Gasteiger partial charge is 0.0464 e. The summed E-state index contributed by atoms with van der Waals surface area (Å²) in [6.07, 6.45) is 0. The van der Waals surface area contributed by atoms with E-state index in [-0.39, 0.29) is 0 Å². The summed E-state index contributed by atoms with van der Waals surface area (Å²) < 4.78 is 0. The van der Waals surface area contributed by atoms with Crippen molar-refractivity contribution < 1.29 is 0 Å². The first-order valence-electron chi connectivity index (χ1n) is 17.3. The zero-order valence-corrected chi connectivity index (χ0v) is 27.9. The number of anilines is 3. The molecule has 0 aliphatic heterocycles. The largest absolute Gasteiger partial charge is 0.310 e. The summed E-state index contributed by atoms with van der Waals surface area (Å²) in [5.74, 6) is 0. The van der Waals surface area contributed by atoms with E-state index in [0.29, 0.717) is 0 Å². The molecule has 0 bridgehead atoms. The summed E-state index contributed by atoms with van der Waals surface area (Å²) in [7, 11) is 0. The molecule has 0 spiro atoms. The van der Waals surface area contributed by atoms with E-state index in [2.05, 4.69) is 206 Å². The second kappa shape index (κ2) is 12.5. The number of benzene rings is 9. The third-order valence-corrected chi connectivity index (χ3v) is 9.99. The highest BCUT2D eigenvalue weighted by molar-refractivity contribution is 6.25. The van der Waals surface area contributed by atoms with Crippen molar-refractivity contribution >= 4 is 49.4 Å². The van der Waals surface area contributed by atoms with Gasteiger partial charge in [-0.2, -0.15) is 0 Å². The number of fused-ring (bicyclic) bond motifs is 6. The van der Waals surface area contributed by atoms with Gasteiger partial charge in [0.2, 0.25) is 0 Å². The van der Waals surface area contributed by atoms with E-state index < -0.39 is 0 Å². The second-order valence-electron chi connectivity index (χ2n) is 13.0. The Morgan fingerprint density at radius 2 is 0.660 bits per heavy atom. The number of hydrogen-bond acceptors (Lipinski definition) is 1. The molecule has 0 aliphatic carbocycles. The van der Waals surface area contributed by atoms with Crippen molar-refractivity contribution in [2.24, 2.45) is 0 Å². The highest BCUT2D eigenvalue weighted by Gasteiger charge is 2.16. The zero-order chi connectivity index (χ0) is 33.4. The highest BCUT2D eigenvalue weighted by atomic mass is 15.1. The summed E-state index contributed by atoms with van der Waals surface area (Å²) >= 11 is 0. The Bertz CT molecular complexity index is 2500. The molecular formula is C49H35N. The molecule has 9 aromatic carbocycles. The van der Waals surface area contributed by atoms with E-state index in [1.165, 1.54) is 71.3 Å². The first-order valence-corrected chi connectivity index (χ1v) is 17.3. The van der Waals surface area contributed by atoms with Crippen molar-refractivity contribution in [1.82, 2.24) is 0 Å². The minimum atomic E-state index is 1.12. The maximum Gasteiger partial charge on any atom is 0.0464 e. The molecular weight excluding hydrogens is 603 g/mol. The van der Waals surface area contributed by atoms with Gasteiger partial charge in [0, 0.05) is 17.1 Å². The van der Waals surface area contributed by atoms with Crippen molar-refractivity contribution in [3.63, 3.8) is 0 Å². The first kappa shape index (κ1) is 29.7. The molecule has 0 aliphatic rings. The summed E-state index contributed by atoms with van der Waals surface area (Å²) in [5, 5.41) is 7.78. The highest BCUT2D eigenvalue weighted by Crippen LogP contribution is 2.41. The van der Waals surface area contributed by atoms with Gasteiger partial charge in [-0.05, 0) is 121 Å². The average molecular weight is 638 g/mol. The lowest BCUT2D eigenvalue weighted by atomic mass is 9.91. The molecule has 0 atom stereocenters. The number of nitrogens with zero attached hydrogens (tertiary/aromatic N) is 1. The Labute approximate surface area is 293 Å². The molecule has 0 unspecified atom stereocenters. The molecule has 9 aromatic rings. The monoisotopic (exact) mass is 637 g/mol. The van der Waals surface area contributed by atoms with Gasteiger partial charge in [0.25, 0.3) is 0 Å². The van der Waals surface area contributed by atoms with Crippen LogP contribution in [0.1, 0.15) is 5.56 Å². The van der Waals surface area contributed by atoms with E-state index in [1.54, 1.807) is 0 Å². The molecule has 9 rings (SSSR count). The molecule has 0 heterocycles. The maximum absolute atomic E-state index is 2.38. The van der Waals surface area contributed by atoms with Gasteiger partial charge < -0.3 is 4.90 Å². The third kappa shape index (κ3) is 5.30. The predicted molar refractivity (Wildman–Crippen MR) is 215 cm³/mol. The molecule has 0 saturated heterocycles. The van der Waals surface area contributed by atoms with Gasteiger partial charge in [-0.25, -0.2) is 0 Å². The van der Waals surface area contributed by atoms with Gasteiger partial charge >= 0.3 is 0 Å². The van der Waals surface area contributed by atoms with Gasteiger partial charge in [-0.3, -0.25) is 0 Å². The Morgan fingerprint density at radius 3 is 1.14 bits per heavy atom. The van der Waals surface area contributed by atoms with Crippen molar-refractivity contribution in [2.75, 3.05) is 4.90 Å². The molecule has 1 heteroatoms. The fourth-order valence-corrected chi connectivity index (χ4v) is 7.50. The standard InChI is InChI=1S/C49H35N/c1-34-32-42(29-31-43(34)39-24-30-48-46-18-9-8-16-44(46)45-17-10-11-19-47(45)49(48)33-39)50(40-25-20-37(21-26-40)35-12-4-2-5-13-35)41-27-22-38(23-28-41)36-14-6-3-7-15-36/h2-33H,1H3. The van der Waals surface area contributed by atoms with E-state index in [9.17, 15) is 0 Å². The van der Waals surface area contributed by atoms with Gasteiger partial charge in [-0.1, -0.05) is 152 Å². The van der Waals surface area contributed by atoms with Crippen LogP contribution in [0.15, 0.2) is 194 Å². The molecule has 1 nitrogen and oxygen atoms in total. The lowest BCUT2D eigenvalue weighted by Gasteiger charge is -2.27. The third-order valence-electron chi connectivity index (χ3n) is 9.99. The van der Waals surface area contributed by atoms with Crippen molar-refractivity contribution in [3.8, 4) is 33.4 Å². The molecule has 0 fully saturated rings. The van der Waals surface area contributed by atoms with E-state index in [4.69, 9.17) is 0 Å². The molecule has 0 N–H and O–H groups in total. The van der Waals surface area contributed by atoms with Crippen LogP contribution >= 0.6 is 0 Å². The fraction of sp³-hybridized carbons (Fsp3) is 0.0204. The SMILES string of the molecule is Cc1cc(N(c2ccc(-c3ccccc3)cc2)c2ccc(-c3ccccc3)cc2)ccc1-c1ccc2c3ccccc3c3ccccc3c2c1. The minimum Gasteiger partial charge on any atom is -0.310 e. The van der Waals surface area contributed by atoms with Crippen LogP contribution in [0, 0.1) is 6.92 Å². The number of rotatable bonds is 6. The van der Waals surface area contributed by atoms with Crippen LogP contribution in [0.2, 0.25) is 0 Å². The fourth-order valence-electron chi connectivity index (χ4n) is 7.50. The van der Waals surface area contributed by atoms with Gasteiger partial charge in [0.15, 0.2) is 0 Å². The quantitative estimate of drug-likeness (QED) is 0.164. The molecule has 50 heavy (non-hydrogen) atoms. The molecule has 0 radical (unpaired) electrons. The van der Waals surface area contributed by atoms with Crippen LogP contribution in [0.25, 0.3) is 65.7 Å². The summed E-state index contributed by atoms with van der Waals surface area (Å²) in [4.78, 5) is 2.36. The average Bonchev–Trinajstić information content (AvgIpc) is 3.19. The Kier molecular flexibility index (Phi) is 7.44. The second-order valence-corrected chi connectivity index (χ2v) is 13.0. The van der Waals surface area contributed by atoms with E-state index in [1.807, 2.05) is 0 Å². The van der Waals surface area contributed by atoms with Crippen molar-refractivity contribution in [1.29, 1.82) is 0 Å². The van der Waals surface area contributed by atoms with Crippen LogP contribution in [0.5, 0.6) is 0 Å². The van der Waals surface area contributed by atoms with Crippen LogP contribution in [-0.4, -0.2) is 0 Å². The number of hydrogen-bond donors (Lipinski definition) is 0. The van der Waals surface area contributed by atoms with E-state index >= 15 is 0 Å². The lowest BCUT2D eigenvalue weighted by Crippen LogP contribution is -2.10. The molecule has 0 amide bonds. The normalized spacial score (nSPS) is 11.3. The summed E-state index contributed by atoms with van der Waals surface area (Å²) in [5.41, 5.74) is 11.9. The van der Waals surface area contributed by atoms with E-state index in [0.717, 1.165) is 17.1 Å². The first-order chi connectivity index (χ1) is 24.7. The topological polar surface area (TPSA) is 3.24 Å². The van der Waals surface area contributed by atoms with Gasteiger partial charge in [-0.15, -0.1) is 0 Å². The Morgan fingerprint density at radius 1 is 0.280 bits per heavy atom. The van der Waals surface area contributed by atoms with Gasteiger partial charge in [0.05, 0.1) is 0 Å². The van der Waals surface area contributed by atoms with Crippen LogP contribution in [-0.2, 0) is 0 Å². The Hall–Kier alpha value is -6.44. The van der Waals surface area contributed by atoms with Crippen LogP contribution < -0.4 is 4.90 Å². The van der Waals surface area contributed by atoms with Crippen molar-refractivity contribution in [3.05, 3.63) is 200 Å². The minimum absolute atomic E-state index is 1.12. The van der Waals surface area contributed by atoms with Gasteiger partial charge in [0.1, 0.15) is 0 Å². The maximum atomic E-state index is 2.38. The zero-order valence-electron chi connectivity index (χ0n) is 27.9. The summed E-state index contributed by atoms with van der Waals surface area (Å²) in [6.45, 7) is 2.23. The molecule has 236 valence electrons. The molecule has 0 saturated carbocycles. The van der Waals surface area contributed by atoms with Crippen LogP contribution in [0.4, 0.5) is 17.1 Å². The molecule has 0 aromatic heterocycles. The summed E-state index contributed by atoms with van der Waals surface area (Å²) in [6, 6.07) is 70.4. The lowest BCUT2D eigenvalue weighted by molar-refractivity contribution is 1.27. The van der Waals surface area contributed by atoms with Crippen molar-refractivity contribution in [2.45, 2.75) is 6.92 Å². The number of aryl methyl sites for hydroxylation is 1. The Balaban J connectivity index is 1.14.